The Balaban J connectivity index is 3.76. The Bertz CT molecular complexity index is 317. The van der Waals surface area contributed by atoms with Crippen molar-refractivity contribution in [2.75, 3.05) is 26.9 Å². The van der Waals surface area contributed by atoms with Gasteiger partial charge in [-0.05, 0) is 12.3 Å². The van der Waals surface area contributed by atoms with Gasteiger partial charge in [0.05, 0.1) is 13.2 Å². The SMILES string of the molecule is CCCCCCCCCCCC(CCCCCC)CCCCCCOCC(CO)OC. The van der Waals surface area contributed by atoms with Crippen molar-refractivity contribution in [2.45, 2.75) is 148 Å². The zero-order valence-electron chi connectivity index (χ0n) is 21.7. The van der Waals surface area contributed by atoms with Crippen LogP contribution in [0.5, 0.6) is 0 Å². The summed E-state index contributed by atoms with van der Waals surface area (Å²) in [4.78, 5) is 0. The van der Waals surface area contributed by atoms with Crippen LogP contribution in [0.4, 0.5) is 0 Å². The lowest BCUT2D eigenvalue weighted by Crippen LogP contribution is -2.22. The van der Waals surface area contributed by atoms with Crippen LogP contribution in [0.3, 0.4) is 0 Å². The first-order chi connectivity index (χ1) is 15.3. The molecular weight excluding hydrogens is 384 g/mol. The molecule has 0 heterocycles. The maximum atomic E-state index is 9.08. The molecule has 2 unspecified atom stereocenters. The molecule has 188 valence electrons. The molecule has 0 saturated carbocycles. The van der Waals surface area contributed by atoms with Crippen molar-refractivity contribution >= 4 is 0 Å². The summed E-state index contributed by atoms with van der Waals surface area (Å²) in [6.07, 6.45) is 27.8. The molecule has 0 aromatic carbocycles. The van der Waals surface area contributed by atoms with Gasteiger partial charge in [0.2, 0.25) is 0 Å². The van der Waals surface area contributed by atoms with Gasteiger partial charge in [-0.1, -0.05) is 136 Å². The number of hydrogen-bond donors (Lipinski definition) is 1. The highest BCUT2D eigenvalue weighted by molar-refractivity contribution is 4.62. The summed E-state index contributed by atoms with van der Waals surface area (Å²) in [6.45, 7) is 5.94. The minimum Gasteiger partial charge on any atom is -0.394 e. The maximum Gasteiger partial charge on any atom is 0.103 e. The van der Waals surface area contributed by atoms with Crippen molar-refractivity contribution in [3.05, 3.63) is 0 Å². The van der Waals surface area contributed by atoms with Crippen LogP contribution in [0, 0.1) is 5.92 Å². The van der Waals surface area contributed by atoms with E-state index in [0.717, 1.165) is 18.9 Å². The van der Waals surface area contributed by atoms with Gasteiger partial charge in [0.1, 0.15) is 6.10 Å². The fourth-order valence-corrected chi connectivity index (χ4v) is 4.44. The number of unbranched alkanes of at least 4 members (excludes halogenated alkanes) is 14. The largest absolute Gasteiger partial charge is 0.394 e. The van der Waals surface area contributed by atoms with Gasteiger partial charge >= 0.3 is 0 Å². The van der Waals surface area contributed by atoms with Crippen LogP contribution in [0.2, 0.25) is 0 Å². The third kappa shape index (κ3) is 22.9. The molecule has 2 atom stereocenters. The molecule has 0 bridgehead atoms. The molecular formula is C28H58O3. The summed E-state index contributed by atoms with van der Waals surface area (Å²) in [5.74, 6) is 0.963. The first-order valence-electron chi connectivity index (χ1n) is 14.0. The van der Waals surface area contributed by atoms with E-state index in [9.17, 15) is 0 Å². The molecule has 0 aliphatic carbocycles. The minimum atomic E-state index is -0.172. The van der Waals surface area contributed by atoms with E-state index in [2.05, 4.69) is 13.8 Å². The average Bonchev–Trinajstić information content (AvgIpc) is 2.79. The molecule has 0 spiro atoms. The van der Waals surface area contributed by atoms with Gasteiger partial charge in [0.25, 0.3) is 0 Å². The third-order valence-electron chi connectivity index (χ3n) is 6.67. The van der Waals surface area contributed by atoms with Gasteiger partial charge in [0.15, 0.2) is 0 Å². The number of hydrogen-bond acceptors (Lipinski definition) is 3. The van der Waals surface area contributed by atoms with Crippen molar-refractivity contribution in [3.63, 3.8) is 0 Å². The minimum absolute atomic E-state index is 0.0368. The number of methoxy groups -OCH3 is 1. The predicted molar refractivity (Wildman–Crippen MR) is 136 cm³/mol. The number of ether oxygens (including phenoxy) is 2. The Hall–Kier alpha value is -0.120. The van der Waals surface area contributed by atoms with Crippen LogP contribution in [0.25, 0.3) is 0 Å². The number of aliphatic hydroxyl groups excluding tert-OH is 1. The topological polar surface area (TPSA) is 38.7 Å². The summed E-state index contributed by atoms with van der Waals surface area (Å²) in [6, 6.07) is 0. The Morgan fingerprint density at radius 1 is 0.581 bits per heavy atom. The van der Waals surface area contributed by atoms with E-state index in [1.165, 1.54) is 122 Å². The van der Waals surface area contributed by atoms with Crippen LogP contribution in [0.15, 0.2) is 0 Å². The smallest absolute Gasteiger partial charge is 0.103 e. The van der Waals surface area contributed by atoms with Crippen molar-refractivity contribution in [1.82, 2.24) is 0 Å². The number of aliphatic hydroxyl groups is 1. The molecule has 0 saturated heterocycles. The molecule has 1 N–H and O–H groups in total. The summed E-state index contributed by atoms with van der Waals surface area (Å²) in [5, 5.41) is 9.08. The molecule has 3 nitrogen and oxygen atoms in total. The average molecular weight is 443 g/mol. The third-order valence-corrected chi connectivity index (χ3v) is 6.67. The van der Waals surface area contributed by atoms with Crippen LogP contribution in [-0.2, 0) is 9.47 Å². The van der Waals surface area contributed by atoms with Gasteiger partial charge in [-0.2, -0.15) is 0 Å². The Labute approximate surface area is 196 Å². The molecule has 0 aromatic rings. The van der Waals surface area contributed by atoms with Crippen LogP contribution in [0.1, 0.15) is 142 Å². The lowest BCUT2D eigenvalue weighted by molar-refractivity contribution is -0.0205. The fraction of sp³-hybridized carbons (Fsp3) is 1.00. The van der Waals surface area contributed by atoms with Crippen LogP contribution < -0.4 is 0 Å². The second-order valence-electron chi connectivity index (χ2n) is 9.65. The van der Waals surface area contributed by atoms with E-state index in [0.29, 0.717) is 6.61 Å². The van der Waals surface area contributed by atoms with Crippen molar-refractivity contribution in [1.29, 1.82) is 0 Å². The Kier molecular flexibility index (Phi) is 26.0. The molecule has 0 aliphatic heterocycles. The van der Waals surface area contributed by atoms with Crippen molar-refractivity contribution in [3.8, 4) is 0 Å². The first kappa shape index (κ1) is 30.9. The molecule has 0 aliphatic rings. The second kappa shape index (κ2) is 26.1. The summed E-state index contributed by atoms with van der Waals surface area (Å²) in [7, 11) is 1.62. The van der Waals surface area contributed by atoms with Gasteiger partial charge in [-0.3, -0.25) is 0 Å². The molecule has 0 aromatic heterocycles. The van der Waals surface area contributed by atoms with E-state index in [4.69, 9.17) is 14.6 Å². The summed E-state index contributed by atoms with van der Waals surface area (Å²) < 4.78 is 10.7. The Morgan fingerprint density at radius 2 is 1.00 bits per heavy atom. The van der Waals surface area contributed by atoms with E-state index in [-0.39, 0.29) is 12.7 Å². The molecule has 0 amide bonds. The molecule has 31 heavy (non-hydrogen) atoms. The highest BCUT2D eigenvalue weighted by Gasteiger charge is 2.09. The summed E-state index contributed by atoms with van der Waals surface area (Å²) in [5.41, 5.74) is 0. The number of rotatable bonds is 26. The van der Waals surface area contributed by atoms with Crippen LogP contribution >= 0.6 is 0 Å². The van der Waals surface area contributed by atoms with Gasteiger partial charge in [0, 0.05) is 13.7 Å². The lowest BCUT2D eigenvalue weighted by Gasteiger charge is -2.17. The quantitative estimate of drug-likeness (QED) is 0.136. The fourth-order valence-electron chi connectivity index (χ4n) is 4.44. The Morgan fingerprint density at radius 3 is 1.45 bits per heavy atom. The van der Waals surface area contributed by atoms with Gasteiger partial charge in [-0.15, -0.1) is 0 Å². The molecule has 0 fully saturated rings. The highest BCUT2D eigenvalue weighted by atomic mass is 16.5. The second-order valence-corrected chi connectivity index (χ2v) is 9.65. The highest BCUT2D eigenvalue weighted by Crippen LogP contribution is 2.24. The zero-order chi connectivity index (χ0) is 22.8. The van der Waals surface area contributed by atoms with E-state index in [1.807, 2.05) is 0 Å². The van der Waals surface area contributed by atoms with E-state index >= 15 is 0 Å². The molecule has 0 radical (unpaired) electrons. The normalized spacial score (nSPS) is 13.5. The van der Waals surface area contributed by atoms with Crippen molar-refractivity contribution in [2.24, 2.45) is 5.92 Å². The van der Waals surface area contributed by atoms with E-state index in [1.54, 1.807) is 7.11 Å². The summed E-state index contributed by atoms with van der Waals surface area (Å²) >= 11 is 0. The van der Waals surface area contributed by atoms with Crippen molar-refractivity contribution < 1.29 is 14.6 Å². The zero-order valence-corrected chi connectivity index (χ0v) is 21.7. The van der Waals surface area contributed by atoms with Gasteiger partial charge < -0.3 is 14.6 Å². The first-order valence-corrected chi connectivity index (χ1v) is 14.0. The molecule has 3 heteroatoms. The monoisotopic (exact) mass is 442 g/mol. The van der Waals surface area contributed by atoms with E-state index < -0.39 is 0 Å². The van der Waals surface area contributed by atoms with Gasteiger partial charge in [-0.25, -0.2) is 0 Å². The standard InChI is InChI=1S/C28H58O3/c1-4-6-8-10-11-12-13-14-18-22-27(21-17-9-7-5-2)23-19-15-16-20-24-31-26-28(25-29)30-3/h27-29H,4-26H2,1-3H3. The predicted octanol–water partition coefficient (Wildman–Crippen LogP) is 8.47. The lowest BCUT2D eigenvalue weighted by atomic mass is 9.89. The molecule has 0 rings (SSSR count). The van der Waals surface area contributed by atoms with Crippen LogP contribution in [-0.4, -0.2) is 38.1 Å². The maximum absolute atomic E-state index is 9.08.